The highest BCUT2D eigenvalue weighted by molar-refractivity contribution is 6.51. The number of esters is 2. The van der Waals surface area contributed by atoms with E-state index in [2.05, 4.69) is 45.7 Å². The number of ketones is 2. The van der Waals surface area contributed by atoms with Crippen molar-refractivity contribution in [2.45, 2.75) is 246 Å². The van der Waals surface area contributed by atoms with Crippen molar-refractivity contribution in [1.82, 2.24) is 41.7 Å². The zero-order valence-corrected chi connectivity index (χ0v) is 56.5. The molecule has 0 aromatic heterocycles. The van der Waals surface area contributed by atoms with Gasteiger partial charge in [0, 0.05) is 24.9 Å². The van der Waals surface area contributed by atoms with Gasteiger partial charge in [-0.15, -0.1) is 23.2 Å². The van der Waals surface area contributed by atoms with E-state index in [0.29, 0.717) is 13.0 Å². The molecule has 2 heterocycles. The molecule has 0 spiro atoms. The van der Waals surface area contributed by atoms with Gasteiger partial charge in [-0.25, -0.2) is 19.2 Å². The summed E-state index contributed by atoms with van der Waals surface area (Å²) in [7, 11) is 0. The van der Waals surface area contributed by atoms with Crippen LogP contribution in [0.15, 0.2) is 0 Å². The Hall–Kier alpha value is -5.78. The van der Waals surface area contributed by atoms with Gasteiger partial charge in [-0.2, -0.15) is 0 Å². The molecule has 0 radical (unpaired) electrons. The highest BCUT2D eigenvalue weighted by Gasteiger charge is 2.74. The minimum atomic E-state index is -1.25. The van der Waals surface area contributed by atoms with E-state index in [1.165, 1.54) is 4.90 Å². The molecule has 5 saturated carbocycles. The van der Waals surface area contributed by atoms with Crippen LogP contribution in [0.25, 0.3) is 0 Å². The van der Waals surface area contributed by atoms with Crippen LogP contribution in [-0.2, 0) is 57.4 Å². The molecule has 2 aliphatic heterocycles. The molecule has 26 heteroatoms. The van der Waals surface area contributed by atoms with Crippen LogP contribution in [-0.4, -0.2) is 158 Å². The molecule has 10 N–H and O–H groups in total. The van der Waals surface area contributed by atoms with Crippen LogP contribution >= 0.6 is 23.2 Å². The van der Waals surface area contributed by atoms with E-state index >= 15 is 0 Å². The van der Waals surface area contributed by atoms with E-state index in [1.807, 2.05) is 20.8 Å². The predicted molar refractivity (Wildman–Crippen MR) is 331 cm³/mol. The normalized spacial score (nSPS) is 25.5. The first-order valence-corrected chi connectivity index (χ1v) is 32.4. The molecule has 2 saturated heterocycles. The highest BCUT2D eigenvalue weighted by atomic mass is 35.5. The lowest BCUT2D eigenvalue weighted by atomic mass is 9.80. The quantitative estimate of drug-likeness (QED) is 0.0408. The molecule has 5 aliphatic carbocycles. The Morgan fingerprint density at radius 3 is 1.36 bits per heavy atom. The van der Waals surface area contributed by atoms with Crippen molar-refractivity contribution in [3.63, 3.8) is 0 Å². The summed E-state index contributed by atoms with van der Waals surface area (Å²) in [5.41, 5.74) is 7.44. The second-order valence-electron chi connectivity index (χ2n) is 31.1. The van der Waals surface area contributed by atoms with Gasteiger partial charge in [0.25, 0.3) is 11.8 Å². The van der Waals surface area contributed by atoms with E-state index in [0.717, 1.165) is 57.8 Å². The standard InChI is InChI=1S/C34H55N5O7.C29H45Cl2N5O7/c1-32(2,3)26(30(44)46-33(4,5)6)38-31(45)37-23(19-14-9-10-15-19)29(43)39-17-20-22(34(20,7)8)24(39)28(42)36-21(25(40)27(35)41)16-18-12-11-13-18;1-13(2)43-25(41)21(28(6,7)8)35-26(42)34-20(27(3,4)5)24(40)36-12-15-17(29(15,30)31)18(36)23(39)33-16(11-14-9-10-14)19(37)22(32)38/h18-24,26H,9-17H2,1-8H3,(H2,35,41)(H,36,42)(H2,37,38,45);13-18,20-21H,9-12H2,1-8H3,(H2,32,38)(H,33,39)(H2,34,35,42)/t20-,21?,22-,23-,24-,26+;15-,16?,17-,18-,20+,21+/m00/s1. The topological polar surface area (TPSA) is 354 Å². The second-order valence-corrected chi connectivity index (χ2v) is 32.5. The number of amides is 10. The number of ether oxygens (including phenoxy) is 2. The van der Waals surface area contributed by atoms with Gasteiger partial charge >= 0.3 is 24.0 Å². The van der Waals surface area contributed by atoms with Crippen LogP contribution in [0.2, 0.25) is 0 Å². The van der Waals surface area contributed by atoms with Crippen LogP contribution in [0.5, 0.6) is 0 Å². The first kappa shape index (κ1) is 72.3. The van der Waals surface area contributed by atoms with E-state index in [-0.39, 0.29) is 53.9 Å². The Kier molecular flexibility index (Phi) is 22.1. The van der Waals surface area contributed by atoms with Crippen LogP contribution in [0.1, 0.15) is 181 Å². The van der Waals surface area contributed by atoms with Gasteiger partial charge in [0.15, 0.2) is 0 Å². The third-order valence-electron chi connectivity index (χ3n) is 18.8. The Morgan fingerprint density at radius 2 is 0.944 bits per heavy atom. The molecule has 7 rings (SSSR count). The summed E-state index contributed by atoms with van der Waals surface area (Å²) in [5, 5.41) is 16.4. The number of carbonyl (C=O) groups excluding carboxylic acids is 12. The van der Waals surface area contributed by atoms with Crippen molar-refractivity contribution in [3.05, 3.63) is 0 Å². The van der Waals surface area contributed by atoms with Gasteiger partial charge in [0.1, 0.15) is 46.2 Å². The smallest absolute Gasteiger partial charge is 0.329 e. The molecule has 2 unspecified atom stereocenters. The number of primary amides is 2. The van der Waals surface area contributed by atoms with Gasteiger partial charge < -0.3 is 62.6 Å². The maximum absolute atomic E-state index is 14.4. The van der Waals surface area contributed by atoms with Gasteiger partial charge in [-0.05, 0) is 112 Å². The summed E-state index contributed by atoms with van der Waals surface area (Å²) < 4.78 is 9.66. The molecule has 12 atom stereocenters. The highest BCUT2D eigenvalue weighted by Crippen LogP contribution is 2.66. The van der Waals surface area contributed by atoms with Crippen molar-refractivity contribution < 1.29 is 67.0 Å². The van der Waals surface area contributed by atoms with E-state index in [9.17, 15) is 57.5 Å². The number of halogens is 2. The number of nitrogens with one attached hydrogen (secondary N) is 6. The number of nitrogens with two attached hydrogens (primary N) is 2. The average Bonchev–Trinajstić information content (AvgIpc) is 1.54. The number of piperidine rings is 2. The number of nitrogens with zero attached hydrogens (tertiary/aromatic N) is 2. The van der Waals surface area contributed by atoms with Crippen molar-refractivity contribution in [1.29, 1.82) is 0 Å². The number of carbonyl (C=O) groups is 12. The summed E-state index contributed by atoms with van der Waals surface area (Å²) in [6.45, 7) is 29.2. The number of urea groups is 2. The molecule has 500 valence electrons. The lowest BCUT2D eigenvalue weighted by Gasteiger charge is -2.38. The molecule has 0 aromatic rings. The Morgan fingerprint density at radius 1 is 0.528 bits per heavy atom. The van der Waals surface area contributed by atoms with Gasteiger partial charge in [0.05, 0.1) is 18.2 Å². The molecule has 24 nitrogen and oxygen atoms in total. The molecule has 0 bridgehead atoms. The fourth-order valence-corrected chi connectivity index (χ4v) is 14.0. The molecule has 7 aliphatic rings. The Labute approximate surface area is 534 Å². The van der Waals surface area contributed by atoms with Crippen molar-refractivity contribution in [2.24, 2.45) is 74.6 Å². The van der Waals surface area contributed by atoms with Crippen molar-refractivity contribution in [2.75, 3.05) is 13.1 Å². The summed E-state index contributed by atoms with van der Waals surface area (Å²) in [6, 6.07) is -9.60. The zero-order valence-electron chi connectivity index (χ0n) is 55.0. The fourth-order valence-electron chi connectivity index (χ4n) is 13.2. The van der Waals surface area contributed by atoms with E-state index in [4.69, 9.17) is 44.1 Å². The largest absolute Gasteiger partial charge is 0.461 e. The second kappa shape index (κ2) is 27.2. The van der Waals surface area contributed by atoms with Crippen molar-refractivity contribution in [3.8, 4) is 0 Å². The first-order valence-electron chi connectivity index (χ1n) is 31.6. The first-order chi connectivity index (χ1) is 40.8. The van der Waals surface area contributed by atoms with Gasteiger partial charge in [-0.3, -0.25) is 38.4 Å². The summed E-state index contributed by atoms with van der Waals surface area (Å²) in [4.78, 5) is 160. The van der Waals surface area contributed by atoms with Crippen LogP contribution < -0.4 is 43.4 Å². The lowest BCUT2D eigenvalue weighted by molar-refractivity contribution is -0.160. The number of hydrogen-bond donors (Lipinski definition) is 8. The number of likely N-dealkylation sites (tertiary alicyclic amines) is 2. The summed E-state index contributed by atoms with van der Waals surface area (Å²) >= 11 is 12.9. The molecular weight excluding hydrogens is 1190 g/mol. The van der Waals surface area contributed by atoms with Gasteiger partial charge in [0.2, 0.25) is 35.2 Å². The molecular formula is C63H100Cl2N10O14. The lowest BCUT2D eigenvalue weighted by Crippen LogP contribution is -2.63. The minimum Gasteiger partial charge on any atom is -0.461 e. The number of rotatable bonds is 22. The Balaban J connectivity index is 0.000000284. The number of fused-ring (bicyclic) bond motifs is 2. The SMILES string of the molecule is CC(C)(C)OC(=O)[C@@H](NC(=O)N[C@H](C(=O)N1C[C@H]2[C@@H]([C@H]1C(=O)NC(CC1CCC1)C(=O)C(N)=O)C2(C)C)C1CCCC1)C(C)(C)C.CC(C)OC(=O)[C@@H](NC(=O)N[C@H](C(=O)N1C[C@H]2[C@@H]([C@H]1C(=O)NC(CC1CC1)C(=O)C(N)=O)C2(Cl)Cl)C(C)(C)C)C(C)(C)C. The van der Waals surface area contributed by atoms with Crippen molar-refractivity contribution >= 4 is 94.2 Å². The zero-order chi connectivity index (χ0) is 67.2. The Bertz CT molecular complexity index is 2750. The monoisotopic (exact) mass is 1290 g/mol. The third kappa shape index (κ3) is 17.6. The maximum atomic E-state index is 14.4. The fraction of sp³-hybridized carbons (Fsp3) is 0.810. The third-order valence-corrected chi connectivity index (χ3v) is 19.8. The maximum Gasteiger partial charge on any atom is 0.329 e. The molecule has 0 aromatic carbocycles. The predicted octanol–water partition coefficient (Wildman–Crippen LogP) is 4.85. The molecule has 89 heavy (non-hydrogen) atoms. The number of Topliss-reactive ketones (excluding diaryl/α,β-unsaturated/α-hetero) is 2. The molecule has 10 amide bonds. The van der Waals surface area contributed by atoms with E-state index in [1.54, 1.807) is 81.1 Å². The molecule has 7 fully saturated rings. The van der Waals surface area contributed by atoms with E-state index < -0.39 is 158 Å². The summed E-state index contributed by atoms with van der Waals surface area (Å²) in [6.07, 6.45) is 8.14. The minimum absolute atomic E-state index is 0.0485. The van der Waals surface area contributed by atoms with Crippen LogP contribution in [0.4, 0.5) is 9.59 Å². The van der Waals surface area contributed by atoms with Gasteiger partial charge in [-0.1, -0.05) is 121 Å². The number of hydrogen-bond acceptors (Lipinski definition) is 14. The number of alkyl halides is 2. The summed E-state index contributed by atoms with van der Waals surface area (Å²) in [5.74, 6) is -8.03. The van der Waals surface area contributed by atoms with Crippen LogP contribution in [0.3, 0.4) is 0 Å². The van der Waals surface area contributed by atoms with Crippen LogP contribution in [0, 0.1) is 63.1 Å². The average molecular weight is 1290 g/mol.